The Bertz CT molecular complexity index is 926. The quantitative estimate of drug-likeness (QED) is 0.351. The van der Waals surface area contributed by atoms with Gasteiger partial charge in [0.1, 0.15) is 11.5 Å². The number of fused-ring (bicyclic) bond motifs is 2. The standard InChI is InChI=1S/C20H14O2.CH3.Ti/c21-17-11-9-13-5-1-3-7-15(13)19(17)20-16-8-4-2-6-14(16)10-12-18(20)22;;/h1-12,21-22H;1H3;/q;-1;. The minimum atomic E-state index is 0. The van der Waals surface area contributed by atoms with Crippen molar-refractivity contribution >= 4 is 21.5 Å². The van der Waals surface area contributed by atoms with Crippen molar-refractivity contribution in [1.82, 2.24) is 0 Å². The van der Waals surface area contributed by atoms with Gasteiger partial charge in [-0.25, -0.2) is 0 Å². The van der Waals surface area contributed by atoms with Crippen LogP contribution in [-0.2, 0) is 21.7 Å². The fraction of sp³-hybridized carbons (Fsp3) is 0. The number of phenolic OH excluding ortho intramolecular Hbond substituents is 2. The third kappa shape index (κ3) is 2.79. The number of phenols is 2. The predicted molar refractivity (Wildman–Crippen MR) is 96.6 cm³/mol. The third-order valence-electron chi connectivity index (χ3n) is 4.06. The molecule has 0 bridgehead atoms. The number of hydrogen-bond donors (Lipinski definition) is 2. The van der Waals surface area contributed by atoms with Crippen LogP contribution in [0, 0.1) is 7.43 Å². The Hall–Kier alpha value is -2.29. The van der Waals surface area contributed by atoms with E-state index in [9.17, 15) is 10.2 Å². The normalized spacial score (nSPS) is 10.2. The van der Waals surface area contributed by atoms with E-state index in [1.54, 1.807) is 12.1 Å². The molecule has 118 valence electrons. The molecule has 4 aromatic rings. The van der Waals surface area contributed by atoms with E-state index in [2.05, 4.69) is 0 Å². The summed E-state index contributed by atoms with van der Waals surface area (Å²) in [6.45, 7) is 0. The molecular formula is C21H17O2Ti-. The maximum absolute atomic E-state index is 10.4. The molecule has 0 amide bonds. The van der Waals surface area contributed by atoms with Gasteiger partial charge in [0.25, 0.3) is 0 Å². The van der Waals surface area contributed by atoms with Crippen molar-refractivity contribution in [2.45, 2.75) is 0 Å². The van der Waals surface area contributed by atoms with Crippen LogP contribution in [0.25, 0.3) is 32.7 Å². The molecule has 0 aliphatic heterocycles. The number of benzene rings is 4. The van der Waals surface area contributed by atoms with E-state index >= 15 is 0 Å². The van der Waals surface area contributed by atoms with Crippen LogP contribution < -0.4 is 0 Å². The molecule has 4 aromatic carbocycles. The van der Waals surface area contributed by atoms with Crippen LogP contribution in [-0.4, -0.2) is 10.2 Å². The number of rotatable bonds is 1. The minimum Gasteiger partial charge on any atom is -0.507 e. The summed E-state index contributed by atoms with van der Waals surface area (Å²) in [4.78, 5) is 0. The van der Waals surface area contributed by atoms with Crippen LogP contribution in [0.5, 0.6) is 11.5 Å². The third-order valence-corrected chi connectivity index (χ3v) is 4.06. The summed E-state index contributed by atoms with van der Waals surface area (Å²) in [5.74, 6) is 0.343. The summed E-state index contributed by atoms with van der Waals surface area (Å²) >= 11 is 0. The van der Waals surface area contributed by atoms with Crippen molar-refractivity contribution in [3.63, 3.8) is 0 Å². The molecule has 2 nitrogen and oxygen atoms in total. The first-order valence-electron chi connectivity index (χ1n) is 7.17. The first kappa shape index (κ1) is 18.1. The van der Waals surface area contributed by atoms with Crippen molar-refractivity contribution in [3.8, 4) is 22.6 Å². The summed E-state index contributed by atoms with van der Waals surface area (Å²) < 4.78 is 0. The van der Waals surface area contributed by atoms with Gasteiger partial charge in [-0.3, -0.25) is 0 Å². The second kappa shape index (κ2) is 7.08. The summed E-state index contributed by atoms with van der Waals surface area (Å²) in [5.41, 5.74) is 1.35. The molecule has 0 radical (unpaired) electrons. The Morgan fingerprint density at radius 3 is 1.29 bits per heavy atom. The Morgan fingerprint density at radius 1 is 0.500 bits per heavy atom. The molecule has 4 rings (SSSR count). The molecule has 0 saturated carbocycles. The predicted octanol–water partition coefficient (Wildman–Crippen LogP) is 5.52. The van der Waals surface area contributed by atoms with E-state index in [-0.39, 0.29) is 40.6 Å². The summed E-state index contributed by atoms with van der Waals surface area (Å²) in [7, 11) is 0. The zero-order valence-electron chi connectivity index (χ0n) is 13.3. The summed E-state index contributed by atoms with van der Waals surface area (Å²) in [5, 5.41) is 24.8. The molecule has 2 N–H and O–H groups in total. The second-order valence-corrected chi connectivity index (χ2v) is 5.36. The molecule has 0 heterocycles. The SMILES string of the molecule is Oc1ccc2ccccc2c1-c1c(O)ccc2ccccc12.[CH3-].[Ti]. The van der Waals surface area contributed by atoms with Gasteiger partial charge >= 0.3 is 0 Å². The average molecular weight is 349 g/mol. The molecule has 0 unspecified atom stereocenters. The van der Waals surface area contributed by atoms with E-state index in [0.29, 0.717) is 11.1 Å². The van der Waals surface area contributed by atoms with Gasteiger partial charge < -0.3 is 17.6 Å². The first-order chi connectivity index (χ1) is 10.8. The van der Waals surface area contributed by atoms with Crippen LogP contribution in [0.1, 0.15) is 0 Å². The zero-order chi connectivity index (χ0) is 15.1. The van der Waals surface area contributed by atoms with Crippen molar-refractivity contribution < 1.29 is 31.9 Å². The fourth-order valence-electron chi connectivity index (χ4n) is 3.05. The van der Waals surface area contributed by atoms with E-state index in [0.717, 1.165) is 21.5 Å². The Labute approximate surface area is 156 Å². The molecule has 3 heteroatoms. The number of hydrogen-bond acceptors (Lipinski definition) is 2. The van der Waals surface area contributed by atoms with Crippen LogP contribution >= 0.6 is 0 Å². The van der Waals surface area contributed by atoms with Gasteiger partial charge in [-0.1, -0.05) is 60.7 Å². The van der Waals surface area contributed by atoms with Gasteiger partial charge in [0.05, 0.1) is 0 Å². The minimum absolute atomic E-state index is 0. The largest absolute Gasteiger partial charge is 0.507 e. The summed E-state index contributed by atoms with van der Waals surface area (Å²) in [6.07, 6.45) is 0. The maximum atomic E-state index is 10.4. The topological polar surface area (TPSA) is 40.5 Å². The van der Waals surface area contributed by atoms with E-state index in [1.807, 2.05) is 60.7 Å². The van der Waals surface area contributed by atoms with Gasteiger partial charge in [-0.15, -0.1) is 0 Å². The smallest absolute Gasteiger partial charge is 0.124 e. The Balaban J connectivity index is 0.00000104. The van der Waals surface area contributed by atoms with E-state index < -0.39 is 0 Å². The summed E-state index contributed by atoms with van der Waals surface area (Å²) in [6, 6.07) is 22.9. The Morgan fingerprint density at radius 2 is 0.875 bits per heavy atom. The molecule has 0 saturated heterocycles. The number of aromatic hydroxyl groups is 2. The Kier molecular flexibility index (Phi) is 5.33. The van der Waals surface area contributed by atoms with Gasteiger partial charge in [0, 0.05) is 32.8 Å². The van der Waals surface area contributed by atoms with Gasteiger partial charge in [-0.2, -0.15) is 0 Å². The average Bonchev–Trinajstić information content (AvgIpc) is 2.56. The molecule has 0 spiro atoms. The van der Waals surface area contributed by atoms with Gasteiger partial charge in [0.2, 0.25) is 0 Å². The van der Waals surface area contributed by atoms with Crippen molar-refractivity contribution in [2.75, 3.05) is 0 Å². The molecule has 24 heavy (non-hydrogen) atoms. The first-order valence-corrected chi connectivity index (χ1v) is 7.17. The van der Waals surface area contributed by atoms with Crippen LogP contribution in [0.15, 0.2) is 72.8 Å². The van der Waals surface area contributed by atoms with Gasteiger partial charge in [0.15, 0.2) is 0 Å². The fourth-order valence-corrected chi connectivity index (χ4v) is 3.05. The second-order valence-electron chi connectivity index (χ2n) is 5.36. The van der Waals surface area contributed by atoms with Gasteiger partial charge in [-0.05, 0) is 33.7 Å². The van der Waals surface area contributed by atoms with Crippen molar-refractivity contribution in [1.29, 1.82) is 0 Å². The van der Waals surface area contributed by atoms with Crippen LogP contribution in [0.4, 0.5) is 0 Å². The van der Waals surface area contributed by atoms with E-state index in [4.69, 9.17) is 0 Å². The van der Waals surface area contributed by atoms with Crippen LogP contribution in [0.2, 0.25) is 0 Å². The molecule has 0 atom stereocenters. The molecular weight excluding hydrogens is 332 g/mol. The van der Waals surface area contributed by atoms with Crippen LogP contribution in [0.3, 0.4) is 0 Å². The molecule has 0 aromatic heterocycles. The molecule has 0 fully saturated rings. The monoisotopic (exact) mass is 349 g/mol. The van der Waals surface area contributed by atoms with Crippen molar-refractivity contribution in [3.05, 3.63) is 80.2 Å². The zero-order valence-corrected chi connectivity index (χ0v) is 14.9. The van der Waals surface area contributed by atoms with Crippen molar-refractivity contribution in [2.24, 2.45) is 0 Å². The van der Waals surface area contributed by atoms with E-state index in [1.165, 1.54) is 0 Å². The molecule has 0 aliphatic carbocycles. The maximum Gasteiger partial charge on any atom is 0.124 e. The molecule has 0 aliphatic rings.